The number of oxazole rings is 1. The summed E-state index contributed by atoms with van der Waals surface area (Å²) in [7, 11) is 1.63. The van der Waals surface area contributed by atoms with Crippen LogP contribution in [-0.2, 0) is 17.9 Å². The second-order valence-corrected chi connectivity index (χ2v) is 4.69. The van der Waals surface area contributed by atoms with Crippen molar-refractivity contribution < 1.29 is 9.15 Å². The highest BCUT2D eigenvalue weighted by Gasteiger charge is 2.06. The summed E-state index contributed by atoms with van der Waals surface area (Å²) < 4.78 is 10.6. The molecule has 2 heterocycles. The van der Waals surface area contributed by atoms with Gasteiger partial charge in [0.05, 0.1) is 24.5 Å². The van der Waals surface area contributed by atoms with Gasteiger partial charge in [0.2, 0.25) is 5.89 Å². The maximum absolute atomic E-state index is 5.50. The molecular formula is C16H16N4O2. The highest BCUT2D eigenvalue weighted by molar-refractivity contribution is 5.52. The van der Waals surface area contributed by atoms with Gasteiger partial charge in [-0.3, -0.25) is 0 Å². The van der Waals surface area contributed by atoms with E-state index in [1.165, 1.54) is 6.33 Å². The lowest BCUT2D eigenvalue weighted by Gasteiger charge is -2.04. The van der Waals surface area contributed by atoms with Gasteiger partial charge in [0.25, 0.3) is 0 Å². The Morgan fingerprint density at radius 3 is 2.82 bits per heavy atom. The molecule has 0 saturated carbocycles. The first-order valence-electron chi connectivity index (χ1n) is 6.88. The average Bonchev–Trinajstić information content (AvgIpc) is 3.04. The van der Waals surface area contributed by atoms with E-state index in [0.717, 1.165) is 22.8 Å². The second-order valence-electron chi connectivity index (χ2n) is 4.69. The lowest BCUT2D eigenvalue weighted by atomic mass is 10.2. The van der Waals surface area contributed by atoms with Gasteiger partial charge in [0.15, 0.2) is 0 Å². The van der Waals surface area contributed by atoms with E-state index < -0.39 is 0 Å². The summed E-state index contributed by atoms with van der Waals surface area (Å²) >= 11 is 0. The van der Waals surface area contributed by atoms with E-state index in [4.69, 9.17) is 9.15 Å². The minimum Gasteiger partial charge on any atom is -0.444 e. The fourth-order valence-corrected chi connectivity index (χ4v) is 2.00. The van der Waals surface area contributed by atoms with Crippen LogP contribution in [0.1, 0.15) is 11.4 Å². The Labute approximate surface area is 128 Å². The molecule has 0 fully saturated rings. The van der Waals surface area contributed by atoms with Crippen LogP contribution in [0.25, 0.3) is 11.5 Å². The minimum atomic E-state index is 0.458. The summed E-state index contributed by atoms with van der Waals surface area (Å²) in [5, 5.41) is 3.20. The summed E-state index contributed by atoms with van der Waals surface area (Å²) in [5.74, 6) is 1.34. The van der Waals surface area contributed by atoms with Crippen molar-refractivity contribution in [2.45, 2.75) is 13.2 Å². The molecule has 0 aliphatic heterocycles. The summed E-state index contributed by atoms with van der Waals surface area (Å²) in [6.45, 7) is 0.985. The van der Waals surface area contributed by atoms with E-state index in [0.29, 0.717) is 19.0 Å². The summed E-state index contributed by atoms with van der Waals surface area (Å²) in [6.07, 6.45) is 3.15. The van der Waals surface area contributed by atoms with Gasteiger partial charge in [-0.05, 0) is 12.1 Å². The Kier molecular flexibility index (Phi) is 4.41. The molecule has 2 aromatic heterocycles. The van der Waals surface area contributed by atoms with Gasteiger partial charge >= 0.3 is 0 Å². The molecule has 3 rings (SSSR count). The van der Waals surface area contributed by atoms with Crippen molar-refractivity contribution in [3.63, 3.8) is 0 Å². The van der Waals surface area contributed by atoms with Gasteiger partial charge in [-0.15, -0.1) is 0 Å². The predicted octanol–water partition coefficient (Wildman–Crippen LogP) is 2.89. The second kappa shape index (κ2) is 6.82. The number of rotatable bonds is 6. The molecule has 6 heteroatoms. The number of ether oxygens (including phenoxy) is 1. The molecule has 3 aromatic rings. The largest absolute Gasteiger partial charge is 0.444 e. The molecule has 0 saturated heterocycles. The number of benzene rings is 1. The Morgan fingerprint density at radius 1 is 1.14 bits per heavy atom. The quantitative estimate of drug-likeness (QED) is 0.754. The van der Waals surface area contributed by atoms with Crippen LogP contribution >= 0.6 is 0 Å². The fourth-order valence-electron chi connectivity index (χ4n) is 2.00. The topological polar surface area (TPSA) is 73.1 Å². The third-order valence-corrected chi connectivity index (χ3v) is 3.04. The summed E-state index contributed by atoms with van der Waals surface area (Å²) in [5.41, 5.74) is 2.59. The van der Waals surface area contributed by atoms with Gasteiger partial charge in [0, 0.05) is 18.7 Å². The number of hydrogen-bond donors (Lipinski definition) is 1. The Morgan fingerprint density at radius 2 is 2.00 bits per heavy atom. The Balaban J connectivity index is 1.65. The van der Waals surface area contributed by atoms with Gasteiger partial charge in [0.1, 0.15) is 18.4 Å². The average molecular weight is 296 g/mol. The van der Waals surface area contributed by atoms with Crippen molar-refractivity contribution in [3.05, 3.63) is 60.4 Å². The molecule has 0 bridgehead atoms. The molecule has 0 spiro atoms. The lowest BCUT2D eigenvalue weighted by Crippen LogP contribution is -2.03. The van der Waals surface area contributed by atoms with Crippen molar-refractivity contribution >= 4 is 5.82 Å². The molecule has 0 radical (unpaired) electrons. The number of nitrogens with zero attached hydrogens (tertiary/aromatic N) is 3. The standard InChI is InChI=1S/C16H16N4O2/c1-21-9-13-7-15(19-11-18-13)17-8-14-10-22-16(20-14)12-5-3-2-4-6-12/h2-7,10-11H,8-9H2,1H3,(H,17,18,19). The third kappa shape index (κ3) is 3.48. The Bertz CT molecular complexity index is 728. The van der Waals surface area contributed by atoms with E-state index in [1.807, 2.05) is 36.4 Å². The normalized spacial score (nSPS) is 10.6. The van der Waals surface area contributed by atoms with Crippen molar-refractivity contribution in [1.82, 2.24) is 15.0 Å². The maximum atomic E-state index is 5.50. The van der Waals surface area contributed by atoms with Crippen molar-refractivity contribution in [3.8, 4) is 11.5 Å². The van der Waals surface area contributed by atoms with Crippen molar-refractivity contribution in [1.29, 1.82) is 0 Å². The van der Waals surface area contributed by atoms with Crippen LogP contribution in [0.5, 0.6) is 0 Å². The molecule has 1 aromatic carbocycles. The number of anilines is 1. The van der Waals surface area contributed by atoms with E-state index in [9.17, 15) is 0 Å². The number of nitrogens with one attached hydrogen (secondary N) is 1. The maximum Gasteiger partial charge on any atom is 0.226 e. The van der Waals surface area contributed by atoms with Crippen LogP contribution < -0.4 is 5.32 Å². The highest BCUT2D eigenvalue weighted by Crippen LogP contribution is 2.18. The van der Waals surface area contributed by atoms with Crippen LogP contribution in [0.2, 0.25) is 0 Å². The molecule has 0 amide bonds. The van der Waals surface area contributed by atoms with E-state index in [-0.39, 0.29) is 0 Å². The molecular weight excluding hydrogens is 280 g/mol. The molecule has 22 heavy (non-hydrogen) atoms. The number of methoxy groups -OCH3 is 1. The SMILES string of the molecule is COCc1cc(NCc2coc(-c3ccccc3)n2)ncn1. The third-order valence-electron chi connectivity index (χ3n) is 3.04. The van der Waals surface area contributed by atoms with Gasteiger partial charge in [-0.1, -0.05) is 18.2 Å². The molecule has 0 atom stereocenters. The van der Waals surface area contributed by atoms with Crippen LogP contribution in [0.3, 0.4) is 0 Å². The molecule has 0 aliphatic rings. The van der Waals surface area contributed by atoms with Crippen LogP contribution in [0, 0.1) is 0 Å². The monoisotopic (exact) mass is 296 g/mol. The number of aromatic nitrogens is 3. The van der Waals surface area contributed by atoms with E-state index >= 15 is 0 Å². The van der Waals surface area contributed by atoms with E-state index in [2.05, 4.69) is 20.3 Å². The Hall–Kier alpha value is -2.73. The highest BCUT2D eigenvalue weighted by atomic mass is 16.5. The van der Waals surface area contributed by atoms with Crippen LogP contribution in [0.4, 0.5) is 5.82 Å². The first-order valence-corrected chi connectivity index (χ1v) is 6.88. The minimum absolute atomic E-state index is 0.458. The molecule has 112 valence electrons. The summed E-state index contributed by atoms with van der Waals surface area (Å²) in [6, 6.07) is 11.6. The summed E-state index contributed by atoms with van der Waals surface area (Å²) in [4.78, 5) is 12.7. The van der Waals surface area contributed by atoms with Gasteiger partial charge in [-0.25, -0.2) is 15.0 Å². The van der Waals surface area contributed by atoms with E-state index in [1.54, 1.807) is 13.4 Å². The smallest absolute Gasteiger partial charge is 0.226 e. The van der Waals surface area contributed by atoms with Crippen LogP contribution in [-0.4, -0.2) is 22.1 Å². The first-order chi connectivity index (χ1) is 10.8. The molecule has 6 nitrogen and oxygen atoms in total. The van der Waals surface area contributed by atoms with Crippen LogP contribution in [0.15, 0.2) is 53.4 Å². The zero-order chi connectivity index (χ0) is 15.2. The van der Waals surface area contributed by atoms with Gasteiger partial charge in [-0.2, -0.15) is 0 Å². The van der Waals surface area contributed by atoms with Crippen molar-refractivity contribution in [2.75, 3.05) is 12.4 Å². The molecule has 1 N–H and O–H groups in total. The predicted molar refractivity (Wildman–Crippen MR) is 82.0 cm³/mol. The molecule has 0 aliphatic carbocycles. The zero-order valence-electron chi connectivity index (χ0n) is 12.2. The fraction of sp³-hybridized carbons (Fsp3) is 0.188. The first kappa shape index (κ1) is 14.2. The molecule has 0 unspecified atom stereocenters. The van der Waals surface area contributed by atoms with Crippen molar-refractivity contribution in [2.24, 2.45) is 0 Å². The van der Waals surface area contributed by atoms with Gasteiger partial charge < -0.3 is 14.5 Å². The lowest BCUT2D eigenvalue weighted by molar-refractivity contribution is 0.181. The zero-order valence-corrected chi connectivity index (χ0v) is 12.2. The number of hydrogen-bond acceptors (Lipinski definition) is 6.